The topological polar surface area (TPSA) is 0 Å². The molecule has 0 N–H and O–H groups in total. The largest absolute Gasteiger partial charge is 0.0654 e. The third kappa shape index (κ3) is 2.50. The maximum Gasteiger partial charge on any atom is -0.0321 e. The summed E-state index contributed by atoms with van der Waals surface area (Å²) in [7, 11) is 0. The first kappa shape index (κ1) is 10.1. The van der Waals surface area contributed by atoms with Gasteiger partial charge < -0.3 is 0 Å². The maximum atomic E-state index is 2.48. The van der Waals surface area contributed by atoms with Gasteiger partial charge in [0.25, 0.3) is 0 Å². The lowest BCUT2D eigenvalue weighted by molar-refractivity contribution is 0.0600. The molecule has 0 aromatic heterocycles. The predicted molar refractivity (Wildman–Crippen MR) is 55.3 cm³/mol. The molecule has 0 saturated heterocycles. The van der Waals surface area contributed by atoms with Crippen molar-refractivity contribution in [3.63, 3.8) is 0 Å². The van der Waals surface area contributed by atoms with E-state index in [9.17, 15) is 0 Å². The highest BCUT2D eigenvalue weighted by atomic mass is 14.4. The molecule has 0 heteroatoms. The summed E-state index contributed by atoms with van der Waals surface area (Å²) in [5.74, 6) is 1.07. The third-order valence-electron chi connectivity index (χ3n) is 3.52. The highest BCUT2D eigenvalue weighted by Gasteiger charge is 2.37. The lowest BCUT2D eigenvalue weighted by atomic mass is 9.60. The fraction of sp³-hybridized carbons (Fsp3) is 1.00. The van der Waals surface area contributed by atoms with Gasteiger partial charge in [-0.3, -0.25) is 0 Å². The van der Waals surface area contributed by atoms with Crippen molar-refractivity contribution in [3.05, 3.63) is 0 Å². The van der Waals surface area contributed by atoms with Crippen LogP contribution >= 0.6 is 0 Å². The SMILES string of the molecule is CCCCCC1(C)CC(CC)C1. The van der Waals surface area contributed by atoms with Crippen LogP contribution in [0.3, 0.4) is 0 Å². The Bertz CT molecular complexity index is 120. The molecular weight excluding hydrogens is 144 g/mol. The van der Waals surface area contributed by atoms with Crippen LogP contribution in [0, 0.1) is 11.3 Å². The van der Waals surface area contributed by atoms with Crippen molar-refractivity contribution in [1.82, 2.24) is 0 Å². The van der Waals surface area contributed by atoms with Gasteiger partial charge >= 0.3 is 0 Å². The van der Waals surface area contributed by atoms with Gasteiger partial charge in [-0.25, -0.2) is 0 Å². The second kappa shape index (κ2) is 4.30. The molecule has 0 spiro atoms. The summed E-state index contributed by atoms with van der Waals surface area (Å²) in [5.41, 5.74) is 0.746. The summed E-state index contributed by atoms with van der Waals surface area (Å²) < 4.78 is 0. The van der Waals surface area contributed by atoms with E-state index in [-0.39, 0.29) is 0 Å². The van der Waals surface area contributed by atoms with E-state index < -0.39 is 0 Å². The van der Waals surface area contributed by atoms with Gasteiger partial charge in [-0.05, 0) is 30.6 Å². The summed E-state index contributed by atoms with van der Waals surface area (Å²) in [4.78, 5) is 0. The van der Waals surface area contributed by atoms with Crippen LogP contribution in [-0.4, -0.2) is 0 Å². The average molecular weight is 168 g/mol. The third-order valence-corrected chi connectivity index (χ3v) is 3.52. The van der Waals surface area contributed by atoms with Crippen molar-refractivity contribution in [1.29, 1.82) is 0 Å². The highest BCUT2D eigenvalue weighted by molar-refractivity contribution is 4.89. The molecule has 0 aliphatic heterocycles. The molecule has 0 radical (unpaired) electrons. The summed E-state index contributed by atoms with van der Waals surface area (Å²) in [6, 6.07) is 0. The minimum Gasteiger partial charge on any atom is -0.0654 e. The van der Waals surface area contributed by atoms with Gasteiger partial charge in [-0.1, -0.05) is 46.5 Å². The second-order valence-corrected chi connectivity index (χ2v) is 4.95. The molecule has 1 aliphatic rings. The Morgan fingerprint density at radius 3 is 2.33 bits per heavy atom. The van der Waals surface area contributed by atoms with E-state index in [0.717, 1.165) is 11.3 Å². The second-order valence-electron chi connectivity index (χ2n) is 4.95. The van der Waals surface area contributed by atoms with E-state index >= 15 is 0 Å². The molecule has 0 aromatic rings. The van der Waals surface area contributed by atoms with E-state index in [1.54, 1.807) is 0 Å². The lowest BCUT2D eigenvalue weighted by Gasteiger charge is -2.45. The minimum atomic E-state index is 0.746. The molecular formula is C12H24. The molecule has 1 saturated carbocycles. The van der Waals surface area contributed by atoms with Gasteiger partial charge in [0.1, 0.15) is 0 Å². The summed E-state index contributed by atoms with van der Waals surface area (Å²) >= 11 is 0. The molecule has 0 unspecified atom stereocenters. The molecule has 0 atom stereocenters. The highest BCUT2D eigenvalue weighted by Crippen LogP contribution is 2.49. The standard InChI is InChI=1S/C12H24/c1-4-6-7-8-12(3)9-11(5-2)10-12/h11H,4-10H2,1-3H3. The number of unbranched alkanes of at least 4 members (excludes halogenated alkanes) is 2. The Kier molecular flexibility index (Phi) is 3.61. The maximum absolute atomic E-state index is 2.48. The smallest absolute Gasteiger partial charge is 0.0321 e. The van der Waals surface area contributed by atoms with Crippen LogP contribution in [0.4, 0.5) is 0 Å². The van der Waals surface area contributed by atoms with E-state index in [1.807, 2.05) is 0 Å². The molecule has 0 amide bonds. The van der Waals surface area contributed by atoms with E-state index in [4.69, 9.17) is 0 Å². The van der Waals surface area contributed by atoms with Crippen molar-refractivity contribution in [2.45, 2.75) is 65.7 Å². The molecule has 1 aliphatic carbocycles. The zero-order valence-electron chi connectivity index (χ0n) is 9.03. The Labute approximate surface area is 77.7 Å². The Morgan fingerprint density at radius 2 is 1.83 bits per heavy atom. The molecule has 0 bridgehead atoms. The molecule has 0 nitrogen and oxygen atoms in total. The average Bonchev–Trinajstić information content (AvgIpc) is 2.00. The van der Waals surface area contributed by atoms with E-state index in [0.29, 0.717) is 0 Å². The zero-order valence-corrected chi connectivity index (χ0v) is 9.03. The van der Waals surface area contributed by atoms with Gasteiger partial charge in [0.2, 0.25) is 0 Å². The van der Waals surface area contributed by atoms with Crippen molar-refractivity contribution in [3.8, 4) is 0 Å². The van der Waals surface area contributed by atoms with Crippen molar-refractivity contribution < 1.29 is 0 Å². The molecule has 0 heterocycles. The van der Waals surface area contributed by atoms with Crippen LogP contribution in [0.1, 0.15) is 65.7 Å². The van der Waals surface area contributed by atoms with Crippen LogP contribution < -0.4 is 0 Å². The van der Waals surface area contributed by atoms with Crippen molar-refractivity contribution >= 4 is 0 Å². The first-order valence-corrected chi connectivity index (χ1v) is 5.70. The number of hydrogen-bond acceptors (Lipinski definition) is 0. The van der Waals surface area contributed by atoms with E-state index in [2.05, 4.69) is 20.8 Å². The molecule has 1 rings (SSSR count). The molecule has 1 fully saturated rings. The summed E-state index contributed by atoms with van der Waals surface area (Å²) in [5, 5.41) is 0. The monoisotopic (exact) mass is 168 g/mol. The molecule has 72 valence electrons. The van der Waals surface area contributed by atoms with Crippen molar-refractivity contribution in [2.75, 3.05) is 0 Å². The molecule has 0 aromatic carbocycles. The van der Waals surface area contributed by atoms with Gasteiger partial charge in [0, 0.05) is 0 Å². The van der Waals surface area contributed by atoms with Gasteiger partial charge in [0.05, 0.1) is 0 Å². The van der Waals surface area contributed by atoms with Crippen LogP contribution in [0.5, 0.6) is 0 Å². The fourth-order valence-electron chi connectivity index (χ4n) is 2.63. The van der Waals surface area contributed by atoms with E-state index in [1.165, 1.54) is 44.9 Å². The summed E-state index contributed by atoms with van der Waals surface area (Å²) in [6.07, 6.45) is 10.2. The van der Waals surface area contributed by atoms with Crippen LogP contribution in [0.25, 0.3) is 0 Å². The van der Waals surface area contributed by atoms with Gasteiger partial charge in [0.15, 0.2) is 0 Å². The lowest BCUT2D eigenvalue weighted by Crippen LogP contribution is -2.33. The quantitative estimate of drug-likeness (QED) is 0.534. The predicted octanol–water partition coefficient (Wildman–Crippen LogP) is 4.39. The Balaban J connectivity index is 2.08. The van der Waals surface area contributed by atoms with Crippen LogP contribution in [0.15, 0.2) is 0 Å². The molecule has 12 heavy (non-hydrogen) atoms. The summed E-state index contributed by atoms with van der Waals surface area (Å²) in [6.45, 7) is 7.10. The van der Waals surface area contributed by atoms with Gasteiger partial charge in [-0.2, -0.15) is 0 Å². The first-order valence-electron chi connectivity index (χ1n) is 5.70. The van der Waals surface area contributed by atoms with Crippen LogP contribution in [-0.2, 0) is 0 Å². The number of hydrogen-bond donors (Lipinski definition) is 0. The Morgan fingerprint density at radius 1 is 1.17 bits per heavy atom. The van der Waals surface area contributed by atoms with Crippen molar-refractivity contribution in [2.24, 2.45) is 11.3 Å². The normalized spacial score (nSPS) is 34.8. The van der Waals surface area contributed by atoms with Crippen LogP contribution in [0.2, 0.25) is 0 Å². The minimum absolute atomic E-state index is 0.746. The first-order chi connectivity index (χ1) is 5.70. The fourth-order valence-corrected chi connectivity index (χ4v) is 2.63. The van der Waals surface area contributed by atoms with Gasteiger partial charge in [-0.15, -0.1) is 0 Å². The zero-order chi connectivity index (χ0) is 9.03. The Hall–Kier alpha value is 0. The number of rotatable bonds is 5.